The van der Waals surface area contributed by atoms with E-state index in [1.54, 1.807) is 13.8 Å². The summed E-state index contributed by atoms with van der Waals surface area (Å²) in [6.45, 7) is 11.0. The highest BCUT2D eigenvalue weighted by molar-refractivity contribution is 5.69. The van der Waals surface area contributed by atoms with Crippen molar-refractivity contribution in [2.24, 2.45) is 0 Å². The van der Waals surface area contributed by atoms with Crippen molar-refractivity contribution in [1.29, 1.82) is 0 Å². The molecular weight excluding hydrogens is 240 g/mol. The van der Waals surface area contributed by atoms with E-state index in [1.807, 2.05) is 0 Å². The number of carboxylic acids is 1. The van der Waals surface area contributed by atoms with Crippen molar-refractivity contribution in [3.8, 4) is 0 Å². The average molecular weight is 260 g/mol. The van der Waals surface area contributed by atoms with Crippen LogP contribution in [0.2, 0.25) is 0 Å². The fourth-order valence-corrected chi connectivity index (χ4v) is 0.294. The van der Waals surface area contributed by atoms with Crippen LogP contribution in [0.3, 0.4) is 0 Å². The quantitative estimate of drug-likeness (QED) is 0.616. The second-order valence-electron chi connectivity index (χ2n) is 2.53. The van der Waals surface area contributed by atoms with Crippen molar-refractivity contribution >= 4 is 17.9 Å². The fourth-order valence-electron chi connectivity index (χ4n) is 0.294. The summed E-state index contributed by atoms with van der Waals surface area (Å²) in [5, 5.41) is 7.72. The molecule has 0 unspecified atom stereocenters. The third kappa shape index (κ3) is 37.1. The van der Waals surface area contributed by atoms with Gasteiger partial charge in [-0.25, -0.2) is 0 Å². The maximum Gasteiger partial charge on any atom is 0.310 e. The molecule has 0 atom stereocenters. The number of carbonyl (C=O) groups excluding carboxylic acids is 2. The van der Waals surface area contributed by atoms with Crippen LogP contribution in [0.15, 0.2) is 25.7 Å². The van der Waals surface area contributed by atoms with Gasteiger partial charge < -0.3 is 14.6 Å². The second-order valence-corrected chi connectivity index (χ2v) is 2.53. The van der Waals surface area contributed by atoms with Crippen molar-refractivity contribution in [3.63, 3.8) is 0 Å². The van der Waals surface area contributed by atoms with Gasteiger partial charge >= 0.3 is 17.9 Å². The van der Waals surface area contributed by atoms with Crippen molar-refractivity contribution in [3.05, 3.63) is 25.7 Å². The highest BCUT2D eigenvalue weighted by Crippen LogP contribution is 1.81. The molecule has 0 radical (unpaired) electrons. The minimum Gasteiger partial charge on any atom is -0.481 e. The topological polar surface area (TPSA) is 89.9 Å². The van der Waals surface area contributed by atoms with E-state index in [2.05, 4.69) is 22.6 Å². The van der Waals surface area contributed by atoms with E-state index in [9.17, 15) is 14.4 Å². The Labute approximate surface area is 107 Å². The first-order chi connectivity index (χ1) is 8.35. The minimum atomic E-state index is -0.745. The molecule has 18 heavy (non-hydrogen) atoms. The summed E-state index contributed by atoms with van der Waals surface area (Å²) in [6, 6.07) is 0. The maximum absolute atomic E-state index is 10.1. The second kappa shape index (κ2) is 17.3. The number of ether oxygens (including phenoxy) is 2. The molecule has 0 fully saturated rings. The number of aliphatic carboxylic acids is 1. The predicted octanol–water partition coefficient (Wildman–Crippen LogP) is 2.26. The maximum atomic E-state index is 10.1. The summed E-state index contributed by atoms with van der Waals surface area (Å²) in [5.74, 6) is -1.31. The van der Waals surface area contributed by atoms with E-state index < -0.39 is 5.97 Å². The monoisotopic (exact) mass is 260 g/mol. The van der Waals surface area contributed by atoms with Gasteiger partial charge in [0.1, 0.15) is 0 Å². The van der Waals surface area contributed by atoms with Gasteiger partial charge in [0.2, 0.25) is 0 Å². The minimum absolute atomic E-state index is 0.222. The van der Waals surface area contributed by atoms with Gasteiger partial charge in [0.25, 0.3) is 0 Å². The van der Waals surface area contributed by atoms with E-state index in [-0.39, 0.29) is 18.4 Å². The highest BCUT2D eigenvalue weighted by Gasteiger charge is 1.89. The van der Waals surface area contributed by atoms with Crippen molar-refractivity contribution < 1.29 is 29.0 Å². The lowest BCUT2D eigenvalue weighted by Gasteiger charge is -1.88. The Bertz CT molecular complexity index is 270. The molecule has 0 bridgehead atoms. The van der Waals surface area contributed by atoms with Crippen LogP contribution in [0.4, 0.5) is 0 Å². The van der Waals surface area contributed by atoms with E-state index >= 15 is 0 Å². The lowest BCUT2D eigenvalue weighted by molar-refractivity contribution is -0.138. The molecule has 6 heteroatoms. The smallest absolute Gasteiger partial charge is 0.310 e. The number of carboxylic acid groups (broad SMARTS) is 1. The van der Waals surface area contributed by atoms with Gasteiger partial charge in [-0.1, -0.05) is 27.0 Å². The third-order valence-electron chi connectivity index (χ3n) is 1.06. The predicted molar refractivity (Wildman–Crippen MR) is 66.5 cm³/mol. The molecule has 0 amide bonds. The Morgan fingerprint density at radius 1 is 1.06 bits per heavy atom. The van der Waals surface area contributed by atoms with E-state index in [0.29, 0.717) is 6.42 Å². The number of hydrogen-bond acceptors (Lipinski definition) is 5. The number of hydrogen-bond donors (Lipinski definition) is 1. The zero-order valence-corrected chi connectivity index (χ0v) is 11.0. The lowest BCUT2D eigenvalue weighted by atomic mass is 10.5. The van der Waals surface area contributed by atoms with E-state index in [1.165, 1.54) is 6.92 Å². The summed E-state index contributed by atoms with van der Waals surface area (Å²) in [6.07, 6.45) is 2.86. The van der Waals surface area contributed by atoms with Crippen LogP contribution in [-0.2, 0) is 23.9 Å². The summed E-state index contributed by atoms with van der Waals surface area (Å²) >= 11 is 0. The van der Waals surface area contributed by atoms with Crippen LogP contribution in [-0.4, -0.2) is 23.0 Å². The van der Waals surface area contributed by atoms with E-state index in [0.717, 1.165) is 12.5 Å². The molecule has 0 heterocycles. The van der Waals surface area contributed by atoms with Crippen molar-refractivity contribution in [2.75, 3.05) is 0 Å². The zero-order valence-electron chi connectivity index (χ0n) is 11.0. The molecule has 0 aromatic carbocycles. The van der Waals surface area contributed by atoms with E-state index in [4.69, 9.17) is 5.11 Å². The van der Waals surface area contributed by atoms with Crippen LogP contribution < -0.4 is 0 Å². The summed E-state index contributed by atoms with van der Waals surface area (Å²) < 4.78 is 8.48. The number of esters is 2. The summed E-state index contributed by atoms with van der Waals surface area (Å²) in [4.78, 5) is 29.2. The molecule has 0 saturated heterocycles. The molecule has 1 N–H and O–H groups in total. The molecule has 6 nitrogen and oxygen atoms in total. The third-order valence-corrected chi connectivity index (χ3v) is 1.06. The molecular formula is C12H20O6. The molecule has 0 aliphatic carbocycles. The number of rotatable bonds is 4. The number of carbonyl (C=O) groups is 3. The molecule has 0 aromatic heterocycles. The lowest BCUT2D eigenvalue weighted by Crippen LogP contribution is -1.94. The Hall–Kier alpha value is -2.11. The van der Waals surface area contributed by atoms with Crippen LogP contribution in [0, 0.1) is 0 Å². The molecule has 0 saturated carbocycles. The first kappa shape index (κ1) is 21.2. The van der Waals surface area contributed by atoms with Gasteiger partial charge in [0.15, 0.2) is 0 Å². The first-order valence-corrected chi connectivity index (χ1v) is 5.15. The molecule has 0 rings (SSSR count). The molecule has 0 aromatic rings. The Kier molecular flexibility index (Phi) is 20.4. The van der Waals surface area contributed by atoms with Crippen LogP contribution >= 0.6 is 0 Å². The largest absolute Gasteiger partial charge is 0.481 e. The summed E-state index contributed by atoms with van der Waals surface area (Å²) in [7, 11) is 0. The SMILES string of the molecule is C=COC(=O)CC.C=COC(C)=O.CCC(=O)O. The highest BCUT2D eigenvalue weighted by atomic mass is 16.5. The molecule has 0 spiro atoms. The van der Waals surface area contributed by atoms with Gasteiger partial charge in [0.05, 0.1) is 12.5 Å². The average Bonchev–Trinajstić information content (AvgIpc) is 2.30. The van der Waals surface area contributed by atoms with Crippen molar-refractivity contribution in [1.82, 2.24) is 0 Å². The Balaban J connectivity index is -0.000000190. The zero-order chi connectivity index (χ0) is 15.0. The molecule has 104 valence electrons. The molecule has 0 aliphatic rings. The van der Waals surface area contributed by atoms with Gasteiger partial charge in [-0.2, -0.15) is 0 Å². The molecule has 0 aliphatic heterocycles. The summed E-state index contributed by atoms with van der Waals surface area (Å²) in [5.41, 5.74) is 0. The standard InChI is InChI=1S/C5H8O2.C4H6O2.C3H6O2/c1-3-5(6)7-4-2;1-3-6-4(2)5;1-2-3(4)5/h4H,2-3H2,1H3;3H,1H2,2H3;2H2,1H3,(H,4,5). The van der Waals surface area contributed by atoms with Gasteiger partial charge in [-0.15, -0.1) is 0 Å². The van der Waals surface area contributed by atoms with Gasteiger partial charge in [-0.3, -0.25) is 14.4 Å². The Morgan fingerprint density at radius 3 is 1.50 bits per heavy atom. The van der Waals surface area contributed by atoms with Gasteiger partial charge in [0, 0.05) is 19.8 Å². The van der Waals surface area contributed by atoms with Crippen LogP contribution in [0.1, 0.15) is 33.6 Å². The normalized spacial score (nSPS) is 7.28. The van der Waals surface area contributed by atoms with Crippen LogP contribution in [0.25, 0.3) is 0 Å². The van der Waals surface area contributed by atoms with Crippen LogP contribution in [0.5, 0.6) is 0 Å². The van der Waals surface area contributed by atoms with Gasteiger partial charge in [-0.05, 0) is 0 Å². The van der Waals surface area contributed by atoms with Crippen molar-refractivity contribution in [2.45, 2.75) is 33.6 Å². The fraction of sp³-hybridized carbons (Fsp3) is 0.417. The Morgan fingerprint density at radius 2 is 1.44 bits per heavy atom. The first-order valence-electron chi connectivity index (χ1n) is 5.15.